The lowest BCUT2D eigenvalue weighted by atomic mass is 9.73. The maximum absolute atomic E-state index is 13.8. The number of fused-ring (bicyclic) bond motifs is 2. The van der Waals surface area contributed by atoms with Crippen molar-refractivity contribution >= 4 is 38.9 Å². The van der Waals surface area contributed by atoms with Gasteiger partial charge < -0.3 is 15.7 Å². The molecule has 3 aliphatic rings. The summed E-state index contributed by atoms with van der Waals surface area (Å²) in [5.74, 6) is -6.53. The molecule has 41 heavy (non-hydrogen) atoms. The van der Waals surface area contributed by atoms with E-state index in [0.29, 0.717) is 31.4 Å². The fourth-order valence-electron chi connectivity index (χ4n) is 6.65. The highest BCUT2D eigenvalue weighted by Crippen LogP contribution is 2.54. The quantitative estimate of drug-likeness (QED) is 0.301. The minimum absolute atomic E-state index is 0.0272. The Morgan fingerprint density at radius 2 is 1.71 bits per heavy atom. The van der Waals surface area contributed by atoms with Crippen molar-refractivity contribution < 1.29 is 36.3 Å². The third kappa shape index (κ3) is 5.51. The van der Waals surface area contributed by atoms with Crippen molar-refractivity contribution in [3.8, 4) is 0 Å². The molecule has 5 rings (SSSR count). The molecule has 0 aliphatic heterocycles. The number of anilines is 1. The number of hydrogen-bond donors (Lipinski definition) is 3. The van der Waals surface area contributed by atoms with Crippen molar-refractivity contribution in [1.82, 2.24) is 5.32 Å². The van der Waals surface area contributed by atoms with Gasteiger partial charge in [0.2, 0.25) is 5.91 Å². The Kier molecular flexibility index (Phi) is 7.99. The van der Waals surface area contributed by atoms with Crippen LogP contribution in [0.1, 0.15) is 49.4 Å². The van der Waals surface area contributed by atoms with Crippen molar-refractivity contribution in [2.75, 3.05) is 11.9 Å². The summed E-state index contributed by atoms with van der Waals surface area (Å²) in [5, 5.41) is 15.8. The molecule has 2 bridgehead atoms. The third-order valence-electron chi connectivity index (χ3n) is 8.86. The van der Waals surface area contributed by atoms with Crippen LogP contribution < -0.4 is 10.6 Å². The molecule has 2 saturated carbocycles. The number of amides is 2. The van der Waals surface area contributed by atoms with Crippen LogP contribution in [0, 0.1) is 41.1 Å². The summed E-state index contributed by atoms with van der Waals surface area (Å²) < 4.78 is 68.1. The Hall–Kier alpha value is -2.89. The zero-order valence-corrected chi connectivity index (χ0v) is 23.7. The summed E-state index contributed by atoms with van der Waals surface area (Å²) in [7, 11) is -4.07. The second-order valence-electron chi connectivity index (χ2n) is 11.4. The third-order valence-corrected chi connectivity index (χ3v) is 11.5. The van der Waals surface area contributed by atoms with Crippen molar-refractivity contribution in [3.05, 3.63) is 70.5 Å². The zero-order chi connectivity index (χ0) is 29.7. The van der Waals surface area contributed by atoms with Gasteiger partial charge in [0.15, 0.2) is 27.3 Å². The number of benzene rings is 2. The van der Waals surface area contributed by atoms with Gasteiger partial charge in [0.05, 0.1) is 20.8 Å². The number of aliphatic hydroxyl groups is 1. The summed E-state index contributed by atoms with van der Waals surface area (Å²) in [6.07, 6.45) is 6.13. The summed E-state index contributed by atoms with van der Waals surface area (Å²) in [5.41, 5.74) is -1.72. The van der Waals surface area contributed by atoms with Gasteiger partial charge in [0, 0.05) is 35.8 Å². The molecule has 5 atom stereocenters. The van der Waals surface area contributed by atoms with E-state index < -0.39 is 44.0 Å². The average Bonchev–Trinajstić information content (AvgIpc) is 3.48. The van der Waals surface area contributed by atoms with E-state index in [1.807, 2.05) is 19.1 Å². The Bertz CT molecular complexity index is 1500. The second-order valence-corrected chi connectivity index (χ2v) is 14.0. The largest absolute Gasteiger partial charge is 0.387 e. The van der Waals surface area contributed by atoms with Gasteiger partial charge in [0.25, 0.3) is 5.91 Å². The second kappa shape index (κ2) is 11.1. The van der Waals surface area contributed by atoms with E-state index in [1.54, 1.807) is 0 Å². The molecule has 0 saturated heterocycles. The monoisotopic (exact) mass is 610 g/mol. The normalized spacial score (nSPS) is 27.7. The summed E-state index contributed by atoms with van der Waals surface area (Å²) in [4.78, 5) is 25.1. The highest BCUT2D eigenvalue weighted by Gasteiger charge is 2.58. The van der Waals surface area contributed by atoms with Crippen molar-refractivity contribution in [3.63, 3.8) is 0 Å². The number of allylic oxidation sites excluding steroid dienone is 2. The van der Waals surface area contributed by atoms with Crippen molar-refractivity contribution in [2.45, 2.75) is 54.8 Å². The first kappa shape index (κ1) is 29.6. The smallest absolute Gasteiger partial charge is 0.255 e. The lowest BCUT2D eigenvalue weighted by Crippen LogP contribution is -2.55. The van der Waals surface area contributed by atoms with Crippen LogP contribution >= 0.6 is 11.6 Å². The van der Waals surface area contributed by atoms with Crippen LogP contribution in [0.2, 0.25) is 5.02 Å². The first-order chi connectivity index (χ1) is 19.3. The summed E-state index contributed by atoms with van der Waals surface area (Å²) in [6, 6.07) is 4.83. The highest BCUT2D eigenvalue weighted by molar-refractivity contribution is 7.92. The van der Waals surface area contributed by atoms with Crippen LogP contribution in [0.25, 0.3) is 0 Å². The summed E-state index contributed by atoms with van der Waals surface area (Å²) >= 11 is 6.29. The molecule has 0 aromatic heterocycles. The Labute approximate surface area is 241 Å². The first-order valence-corrected chi connectivity index (χ1v) is 15.4. The first-order valence-electron chi connectivity index (χ1n) is 13.5. The number of rotatable bonds is 7. The standard InChI is InChI=1S/C29H30ClF3N2O5S/c1-15-8-18-10-20(13-21(15)29(18,38)14-34-27(36)16-4-2-3-5-16)41(39,40)25-9-17(6-7-22(25)30)28(37)35-19-11-23(31)26(33)24(32)12-19/h2-3,6-7,9,11-12,15-16,18,20-21,38H,4-5,8,10,13-14H2,1H3,(H,34,36)(H,35,37)/t15-,18?,20?,21?,29+/m0/s1. The Balaban J connectivity index is 1.33. The van der Waals surface area contributed by atoms with E-state index in [-0.39, 0.29) is 70.1 Å². The zero-order valence-electron chi connectivity index (χ0n) is 22.2. The molecule has 0 radical (unpaired) electrons. The molecule has 3 N–H and O–H groups in total. The Morgan fingerprint density at radius 1 is 1.05 bits per heavy atom. The van der Waals surface area contributed by atoms with Gasteiger partial charge in [-0.25, -0.2) is 21.6 Å². The van der Waals surface area contributed by atoms with E-state index in [1.165, 1.54) is 12.1 Å². The maximum Gasteiger partial charge on any atom is 0.255 e. The predicted octanol–water partition coefficient (Wildman–Crippen LogP) is 5.03. The number of hydrogen-bond acceptors (Lipinski definition) is 5. The van der Waals surface area contributed by atoms with Gasteiger partial charge in [-0.2, -0.15) is 0 Å². The van der Waals surface area contributed by atoms with Gasteiger partial charge in [-0.15, -0.1) is 0 Å². The topological polar surface area (TPSA) is 113 Å². The van der Waals surface area contributed by atoms with Gasteiger partial charge in [-0.3, -0.25) is 9.59 Å². The molecular weight excluding hydrogens is 581 g/mol. The van der Waals surface area contributed by atoms with E-state index in [2.05, 4.69) is 10.6 Å². The van der Waals surface area contributed by atoms with E-state index >= 15 is 0 Å². The fraction of sp³-hybridized carbons (Fsp3) is 0.448. The lowest BCUT2D eigenvalue weighted by molar-refractivity contribution is -0.128. The molecule has 2 fully saturated rings. The van der Waals surface area contributed by atoms with Crippen LogP contribution in [0.15, 0.2) is 47.4 Å². The molecule has 3 unspecified atom stereocenters. The minimum Gasteiger partial charge on any atom is -0.387 e. The van der Waals surface area contributed by atoms with E-state index in [0.717, 1.165) is 6.07 Å². The van der Waals surface area contributed by atoms with Crippen molar-refractivity contribution in [2.24, 2.45) is 23.7 Å². The minimum atomic E-state index is -4.07. The molecular formula is C29H30ClF3N2O5S. The molecule has 2 aromatic rings. The van der Waals surface area contributed by atoms with Crippen LogP contribution in [-0.4, -0.2) is 42.7 Å². The van der Waals surface area contributed by atoms with Gasteiger partial charge in [-0.05, 0) is 68.1 Å². The molecule has 2 amide bonds. The molecule has 12 heteroatoms. The van der Waals surface area contributed by atoms with Gasteiger partial charge in [-0.1, -0.05) is 30.7 Å². The summed E-state index contributed by atoms with van der Waals surface area (Å²) in [6.45, 7) is 2.02. The molecule has 0 heterocycles. The van der Waals surface area contributed by atoms with Crippen LogP contribution in [0.5, 0.6) is 0 Å². The number of halogens is 4. The SMILES string of the molecule is C[C@H]1CC2CC(S(=O)(=O)c3cc(C(=O)Nc4cc(F)c(F)c(F)c4)ccc3Cl)CC1[C@@]2(O)CNC(=O)C1CC=CC1. The fourth-order valence-corrected chi connectivity index (χ4v) is 9.03. The van der Waals surface area contributed by atoms with Crippen LogP contribution in [0.4, 0.5) is 18.9 Å². The van der Waals surface area contributed by atoms with E-state index in [4.69, 9.17) is 11.6 Å². The van der Waals surface area contributed by atoms with E-state index in [9.17, 15) is 36.3 Å². The van der Waals surface area contributed by atoms with Crippen LogP contribution in [0.3, 0.4) is 0 Å². The maximum atomic E-state index is 13.8. The molecule has 3 aliphatic carbocycles. The van der Waals surface area contributed by atoms with Crippen molar-refractivity contribution in [1.29, 1.82) is 0 Å². The molecule has 7 nitrogen and oxygen atoms in total. The molecule has 2 aromatic carbocycles. The number of carbonyl (C=O) groups is 2. The molecule has 0 spiro atoms. The highest BCUT2D eigenvalue weighted by atomic mass is 35.5. The van der Waals surface area contributed by atoms with Gasteiger partial charge >= 0.3 is 0 Å². The van der Waals surface area contributed by atoms with Gasteiger partial charge in [0.1, 0.15) is 0 Å². The van der Waals surface area contributed by atoms with Crippen LogP contribution in [-0.2, 0) is 14.6 Å². The Morgan fingerprint density at radius 3 is 2.34 bits per heavy atom. The lowest BCUT2D eigenvalue weighted by Gasteiger charge is -2.43. The molecule has 220 valence electrons. The number of nitrogens with one attached hydrogen (secondary N) is 2. The number of carbonyl (C=O) groups excluding carboxylic acids is 2. The predicted molar refractivity (Wildman–Crippen MR) is 147 cm³/mol. The number of sulfone groups is 1. The average molecular weight is 611 g/mol.